The van der Waals surface area contributed by atoms with Crippen molar-refractivity contribution in [1.82, 2.24) is 15.2 Å². The molecule has 0 amide bonds. The van der Waals surface area contributed by atoms with Gasteiger partial charge in [0.15, 0.2) is 0 Å². The molecular formula is C10H11ClN4O. The Bertz CT molecular complexity index is 445. The summed E-state index contributed by atoms with van der Waals surface area (Å²) in [5.74, 6) is 0.623. The summed E-state index contributed by atoms with van der Waals surface area (Å²) in [4.78, 5) is 4.04. The smallest absolute Gasteiger partial charge is 0.315 e. The van der Waals surface area contributed by atoms with Gasteiger partial charge < -0.3 is 9.73 Å². The quantitative estimate of drug-likeness (QED) is 0.829. The van der Waals surface area contributed by atoms with E-state index in [1.807, 2.05) is 19.1 Å². The van der Waals surface area contributed by atoms with Gasteiger partial charge in [0.25, 0.3) is 0 Å². The van der Waals surface area contributed by atoms with E-state index >= 15 is 0 Å². The molecular weight excluding hydrogens is 228 g/mol. The van der Waals surface area contributed by atoms with Gasteiger partial charge in [-0.2, -0.15) is 0 Å². The summed E-state index contributed by atoms with van der Waals surface area (Å²) in [7, 11) is 0. The van der Waals surface area contributed by atoms with Crippen LogP contribution in [0.5, 0.6) is 0 Å². The van der Waals surface area contributed by atoms with Gasteiger partial charge in [-0.1, -0.05) is 11.2 Å². The molecule has 1 atom stereocenters. The summed E-state index contributed by atoms with van der Waals surface area (Å²) in [6.07, 6.45) is 3.52. The maximum Gasteiger partial charge on any atom is 0.315 e. The van der Waals surface area contributed by atoms with Gasteiger partial charge in [0.2, 0.25) is 5.89 Å². The van der Waals surface area contributed by atoms with Crippen LogP contribution in [0.25, 0.3) is 0 Å². The van der Waals surface area contributed by atoms with Crippen LogP contribution < -0.4 is 5.32 Å². The van der Waals surface area contributed by atoms with Gasteiger partial charge in [-0.25, -0.2) is 0 Å². The highest BCUT2D eigenvalue weighted by molar-refractivity contribution is 6.16. The van der Waals surface area contributed by atoms with Crippen molar-refractivity contribution in [3.05, 3.63) is 36.0 Å². The van der Waals surface area contributed by atoms with Crippen molar-refractivity contribution in [1.29, 1.82) is 0 Å². The van der Waals surface area contributed by atoms with Crippen LogP contribution >= 0.6 is 11.6 Å². The van der Waals surface area contributed by atoms with Crippen LogP contribution in [-0.4, -0.2) is 15.2 Å². The van der Waals surface area contributed by atoms with Crippen LogP contribution in [0.2, 0.25) is 0 Å². The molecule has 0 aromatic carbocycles. The molecule has 0 saturated carbocycles. The van der Waals surface area contributed by atoms with Crippen LogP contribution in [0, 0.1) is 0 Å². The number of hydrogen-bond donors (Lipinski definition) is 1. The van der Waals surface area contributed by atoms with E-state index in [1.165, 1.54) is 0 Å². The molecule has 1 N–H and O–H groups in total. The van der Waals surface area contributed by atoms with Gasteiger partial charge in [0.1, 0.15) is 5.88 Å². The summed E-state index contributed by atoms with van der Waals surface area (Å²) >= 11 is 5.56. The average molecular weight is 239 g/mol. The Morgan fingerprint density at radius 1 is 1.50 bits per heavy atom. The minimum atomic E-state index is 0.0531. The second-order valence-corrected chi connectivity index (χ2v) is 3.55. The zero-order chi connectivity index (χ0) is 11.4. The van der Waals surface area contributed by atoms with E-state index in [9.17, 15) is 0 Å². The first-order valence-electron chi connectivity index (χ1n) is 4.84. The third kappa shape index (κ3) is 2.49. The SMILES string of the molecule is CC(Nc1nnc(CCl)o1)c1cccnc1. The molecule has 2 heterocycles. The van der Waals surface area contributed by atoms with E-state index in [0.29, 0.717) is 11.9 Å². The van der Waals surface area contributed by atoms with Crippen molar-refractivity contribution in [2.24, 2.45) is 0 Å². The zero-order valence-corrected chi connectivity index (χ0v) is 9.48. The molecule has 2 aromatic heterocycles. The molecule has 0 radical (unpaired) electrons. The monoisotopic (exact) mass is 238 g/mol. The molecule has 0 bridgehead atoms. The van der Waals surface area contributed by atoms with Gasteiger partial charge in [0.05, 0.1) is 6.04 Å². The van der Waals surface area contributed by atoms with Crippen LogP contribution in [-0.2, 0) is 5.88 Å². The lowest BCUT2D eigenvalue weighted by molar-refractivity contribution is 0.520. The molecule has 16 heavy (non-hydrogen) atoms. The second kappa shape index (κ2) is 4.94. The number of nitrogens with one attached hydrogen (secondary N) is 1. The Hall–Kier alpha value is -1.62. The maximum atomic E-state index is 5.56. The first kappa shape index (κ1) is 10.9. The van der Waals surface area contributed by atoms with Crippen LogP contribution in [0.3, 0.4) is 0 Å². The predicted octanol–water partition coefficient (Wildman–Crippen LogP) is 2.38. The van der Waals surface area contributed by atoms with Crippen LogP contribution in [0.15, 0.2) is 28.9 Å². The molecule has 1 unspecified atom stereocenters. The summed E-state index contributed by atoms with van der Waals surface area (Å²) < 4.78 is 5.24. The third-order valence-corrected chi connectivity index (χ3v) is 2.33. The summed E-state index contributed by atoms with van der Waals surface area (Å²) in [5, 5.41) is 10.6. The van der Waals surface area contributed by atoms with Crippen LogP contribution in [0.1, 0.15) is 24.4 Å². The molecule has 0 aliphatic heterocycles. The molecule has 0 aliphatic rings. The number of hydrogen-bond acceptors (Lipinski definition) is 5. The number of halogens is 1. The highest BCUT2D eigenvalue weighted by Crippen LogP contribution is 2.17. The largest absolute Gasteiger partial charge is 0.407 e. The topological polar surface area (TPSA) is 63.8 Å². The minimum Gasteiger partial charge on any atom is -0.407 e. The fourth-order valence-corrected chi connectivity index (χ4v) is 1.37. The molecule has 5 nitrogen and oxygen atoms in total. The summed E-state index contributed by atoms with van der Waals surface area (Å²) in [6.45, 7) is 1.99. The lowest BCUT2D eigenvalue weighted by Gasteiger charge is -2.10. The van der Waals surface area contributed by atoms with Gasteiger partial charge in [0, 0.05) is 12.4 Å². The third-order valence-electron chi connectivity index (χ3n) is 2.11. The molecule has 0 spiro atoms. The number of anilines is 1. The summed E-state index contributed by atoms with van der Waals surface area (Å²) in [5.41, 5.74) is 1.05. The number of pyridine rings is 1. The van der Waals surface area contributed by atoms with Gasteiger partial charge in [-0.3, -0.25) is 4.98 Å². The highest BCUT2D eigenvalue weighted by atomic mass is 35.5. The van der Waals surface area contributed by atoms with Crippen molar-refractivity contribution in [3.63, 3.8) is 0 Å². The second-order valence-electron chi connectivity index (χ2n) is 3.29. The lowest BCUT2D eigenvalue weighted by atomic mass is 10.1. The van der Waals surface area contributed by atoms with Crippen molar-refractivity contribution in [3.8, 4) is 0 Å². The predicted molar refractivity (Wildman–Crippen MR) is 60.1 cm³/mol. The van der Waals surface area contributed by atoms with E-state index < -0.39 is 0 Å². The molecule has 84 valence electrons. The minimum absolute atomic E-state index is 0.0531. The van der Waals surface area contributed by atoms with E-state index in [0.717, 1.165) is 5.56 Å². The number of alkyl halides is 1. The Morgan fingerprint density at radius 2 is 2.38 bits per heavy atom. The Labute approximate surface area is 97.9 Å². The first-order valence-corrected chi connectivity index (χ1v) is 5.38. The van der Waals surface area contributed by atoms with Gasteiger partial charge >= 0.3 is 6.01 Å². The number of rotatable bonds is 4. The normalized spacial score (nSPS) is 12.4. The van der Waals surface area contributed by atoms with E-state index in [2.05, 4.69) is 20.5 Å². The van der Waals surface area contributed by atoms with Crippen molar-refractivity contribution >= 4 is 17.6 Å². The standard InChI is InChI=1S/C10H11ClN4O/c1-7(8-3-2-4-12-6-8)13-10-15-14-9(5-11)16-10/h2-4,6-7H,5H2,1H3,(H,13,15). The van der Waals surface area contributed by atoms with Gasteiger partial charge in [-0.15, -0.1) is 16.7 Å². The van der Waals surface area contributed by atoms with E-state index in [-0.39, 0.29) is 11.9 Å². The number of aromatic nitrogens is 3. The molecule has 0 fully saturated rings. The van der Waals surface area contributed by atoms with Crippen LogP contribution in [0.4, 0.5) is 6.01 Å². The van der Waals surface area contributed by atoms with Crippen molar-refractivity contribution < 1.29 is 4.42 Å². The highest BCUT2D eigenvalue weighted by Gasteiger charge is 2.09. The molecule has 2 aromatic rings. The van der Waals surface area contributed by atoms with Gasteiger partial charge in [-0.05, 0) is 18.6 Å². The maximum absolute atomic E-state index is 5.56. The summed E-state index contributed by atoms with van der Waals surface area (Å²) in [6, 6.07) is 4.28. The Kier molecular flexibility index (Phi) is 3.36. The molecule has 0 saturated heterocycles. The van der Waals surface area contributed by atoms with Crippen molar-refractivity contribution in [2.75, 3.05) is 5.32 Å². The fourth-order valence-electron chi connectivity index (χ4n) is 1.27. The lowest BCUT2D eigenvalue weighted by Crippen LogP contribution is -2.06. The first-order chi connectivity index (χ1) is 7.79. The zero-order valence-electron chi connectivity index (χ0n) is 8.72. The molecule has 6 heteroatoms. The van der Waals surface area contributed by atoms with Crippen molar-refractivity contribution in [2.45, 2.75) is 18.8 Å². The van der Waals surface area contributed by atoms with E-state index in [1.54, 1.807) is 12.4 Å². The Balaban J connectivity index is 2.05. The fraction of sp³-hybridized carbons (Fsp3) is 0.300. The van der Waals surface area contributed by atoms with E-state index in [4.69, 9.17) is 16.0 Å². The Morgan fingerprint density at radius 3 is 3.00 bits per heavy atom. The average Bonchev–Trinajstić information content (AvgIpc) is 2.78. The number of nitrogens with zero attached hydrogens (tertiary/aromatic N) is 3. The molecule has 0 aliphatic carbocycles. The molecule has 2 rings (SSSR count).